The second-order valence-electron chi connectivity index (χ2n) is 14.9. The Hall–Kier alpha value is -2.05. The molecule has 7 heteroatoms. The molecule has 8 atom stereocenters. The van der Waals surface area contributed by atoms with Crippen molar-refractivity contribution in [1.82, 2.24) is 4.90 Å². The molecule has 226 valence electrons. The van der Waals surface area contributed by atoms with Gasteiger partial charge in [-0.3, -0.25) is 14.5 Å². The highest BCUT2D eigenvalue weighted by Gasteiger charge is 2.64. The Bertz CT molecular complexity index is 991. The third-order valence-corrected chi connectivity index (χ3v) is 12.0. The first-order valence-corrected chi connectivity index (χ1v) is 15.8. The van der Waals surface area contributed by atoms with Crippen molar-refractivity contribution in [2.45, 2.75) is 118 Å². The number of hydrogen-bond donors (Lipinski definition) is 2. The van der Waals surface area contributed by atoms with Gasteiger partial charge in [0.2, 0.25) is 0 Å². The average molecular weight is 560 g/mol. The second-order valence-corrected chi connectivity index (χ2v) is 14.9. The largest absolute Gasteiger partial charge is 0.480 e. The summed E-state index contributed by atoms with van der Waals surface area (Å²) in [6.45, 7) is 13.4. The summed E-state index contributed by atoms with van der Waals surface area (Å²) in [4.78, 5) is 35.8. The summed E-state index contributed by atoms with van der Waals surface area (Å²) in [6.07, 6.45) is 13.9. The Morgan fingerprint density at radius 2 is 1.60 bits per heavy atom. The van der Waals surface area contributed by atoms with E-state index in [0.717, 1.165) is 47.8 Å². The van der Waals surface area contributed by atoms with E-state index < -0.39 is 31.1 Å². The third kappa shape index (κ3) is 5.81. The van der Waals surface area contributed by atoms with Crippen LogP contribution in [0.15, 0.2) is 11.6 Å². The summed E-state index contributed by atoms with van der Waals surface area (Å²) >= 11 is 0. The highest BCUT2D eigenvalue weighted by molar-refractivity contribution is 5.81. The number of fused-ring (bicyclic) bond motifs is 5. The Morgan fingerprint density at radius 3 is 2.23 bits per heavy atom. The van der Waals surface area contributed by atoms with Crippen LogP contribution in [0.3, 0.4) is 0 Å². The molecule has 7 nitrogen and oxygen atoms in total. The Balaban J connectivity index is 1.46. The summed E-state index contributed by atoms with van der Waals surface area (Å²) in [6, 6.07) is 0. The van der Waals surface area contributed by atoms with E-state index in [1.165, 1.54) is 50.5 Å². The SMILES string of the molecule is CC(C)CCC[C@@H](C)C1CC[C@H]2[C@]3(C)CC=C4C[C@@H](OC(=O)N(CC(=O)O)CC(=O)O)CC[C@]4(C)[C@H]3CC[C@]12C. The molecular formula is C33H53NO6. The molecule has 0 bridgehead atoms. The number of rotatable bonds is 10. The number of aliphatic carboxylic acids is 2. The van der Waals surface area contributed by atoms with Crippen molar-refractivity contribution < 1.29 is 29.3 Å². The van der Waals surface area contributed by atoms with Crippen molar-refractivity contribution in [1.29, 1.82) is 0 Å². The first kappa shape index (κ1) is 30.9. The van der Waals surface area contributed by atoms with Crippen LogP contribution in [0.25, 0.3) is 0 Å². The monoisotopic (exact) mass is 559 g/mol. The van der Waals surface area contributed by atoms with Crippen LogP contribution in [0.4, 0.5) is 4.79 Å². The zero-order chi connectivity index (χ0) is 29.5. The summed E-state index contributed by atoms with van der Waals surface area (Å²) < 4.78 is 5.70. The molecule has 0 aromatic carbocycles. The zero-order valence-corrected chi connectivity index (χ0v) is 25.7. The van der Waals surface area contributed by atoms with E-state index in [0.29, 0.717) is 17.8 Å². The van der Waals surface area contributed by atoms with Gasteiger partial charge in [-0.15, -0.1) is 0 Å². The molecule has 1 unspecified atom stereocenters. The number of carbonyl (C=O) groups excluding carboxylic acids is 1. The van der Waals surface area contributed by atoms with E-state index >= 15 is 0 Å². The highest BCUT2D eigenvalue weighted by Crippen LogP contribution is 2.72. The normalized spacial score (nSPS) is 37.5. The van der Waals surface area contributed by atoms with Gasteiger partial charge in [0.1, 0.15) is 19.2 Å². The quantitative estimate of drug-likeness (QED) is 0.270. The van der Waals surface area contributed by atoms with Crippen LogP contribution in [-0.2, 0) is 14.3 Å². The molecule has 2 N–H and O–H groups in total. The van der Waals surface area contributed by atoms with Crippen molar-refractivity contribution in [2.24, 2.45) is 45.8 Å². The van der Waals surface area contributed by atoms with Crippen LogP contribution in [0.1, 0.15) is 112 Å². The van der Waals surface area contributed by atoms with Gasteiger partial charge in [0.15, 0.2) is 0 Å². The lowest BCUT2D eigenvalue weighted by molar-refractivity contribution is -0.141. The van der Waals surface area contributed by atoms with E-state index in [2.05, 4.69) is 47.6 Å². The van der Waals surface area contributed by atoms with E-state index in [-0.39, 0.29) is 16.9 Å². The lowest BCUT2D eigenvalue weighted by atomic mass is 9.41. The van der Waals surface area contributed by atoms with E-state index in [1.807, 2.05) is 0 Å². The van der Waals surface area contributed by atoms with E-state index in [9.17, 15) is 14.4 Å². The van der Waals surface area contributed by atoms with Gasteiger partial charge in [-0.25, -0.2) is 4.79 Å². The standard InChI is InChI=1S/C33H53NO6/c1-21(2)8-7-9-22(3)25-10-11-26-32(25,5)17-14-27-31(4)16-13-24(18-23(31)12-15-33(26,27)6)40-30(39)34(19-28(35)36)20-29(37)38/h12,21-22,24-27H,7-11,13-20H2,1-6H3,(H,35,36)(H,37,38)/t22-,24+,25?,26-,27-,31+,32-,33+/m1/s1. The molecule has 3 saturated carbocycles. The van der Waals surface area contributed by atoms with Crippen molar-refractivity contribution in [3.8, 4) is 0 Å². The van der Waals surface area contributed by atoms with Gasteiger partial charge in [0.25, 0.3) is 0 Å². The highest BCUT2D eigenvalue weighted by atomic mass is 16.6. The number of carbonyl (C=O) groups is 3. The smallest absolute Gasteiger partial charge is 0.411 e. The Labute approximate surface area is 241 Å². The van der Waals surface area contributed by atoms with E-state index in [4.69, 9.17) is 14.9 Å². The van der Waals surface area contributed by atoms with Crippen LogP contribution >= 0.6 is 0 Å². The maximum atomic E-state index is 12.7. The van der Waals surface area contributed by atoms with Gasteiger partial charge >= 0.3 is 18.0 Å². The van der Waals surface area contributed by atoms with E-state index in [1.54, 1.807) is 0 Å². The number of hydrogen-bond acceptors (Lipinski definition) is 4. The number of allylic oxidation sites excluding steroid dienone is 1. The summed E-state index contributed by atoms with van der Waals surface area (Å²) in [5, 5.41) is 18.2. The van der Waals surface area contributed by atoms with Crippen LogP contribution in [0.5, 0.6) is 0 Å². The predicted octanol–water partition coefficient (Wildman–Crippen LogP) is 7.39. The Kier molecular flexibility index (Phi) is 9.02. The van der Waals surface area contributed by atoms with Crippen LogP contribution in [-0.4, -0.2) is 52.3 Å². The van der Waals surface area contributed by atoms with Gasteiger partial charge in [-0.05, 0) is 90.8 Å². The molecule has 3 fully saturated rings. The zero-order valence-electron chi connectivity index (χ0n) is 25.7. The molecule has 4 aliphatic carbocycles. The number of amides is 1. The molecule has 0 radical (unpaired) electrons. The van der Waals surface area contributed by atoms with Gasteiger partial charge in [-0.2, -0.15) is 0 Å². The van der Waals surface area contributed by atoms with Crippen molar-refractivity contribution in [3.63, 3.8) is 0 Å². The Morgan fingerprint density at radius 1 is 0.925 bits per heavy atom. The van der Waals surface area contributed by atoms with Crippen LogP contribution in [0.2, 0.25) is 0 Å². The number of nitrogens with zero attached hydrogens (tertiary/aromatic N) is 1. The molecule has 4 rings (SSSR count). The van der Waals surface area contributed by atoms with Gasteiger partial charge in [0, 0.05) is 6.42 Å². The molecule has 0 aromatic heterocycles. The molecule has 0 heterocycles. The predicted molar refractivity (Wildman–Crippen MR) is 155 cm³/mol. The summed E-state index contributed by atoms with van der Waals surface area (Å²) in [5.41, 5.74) is 2.15. The molecule has 40 heavy (non-hydrogen) atoms. The molecule has 0 spiro atoms. The molecule has 4 aliphatic rings. The molecule has 1 amide bonds. The minimum Gasteiger partial charge on any atom is -0.480 e. The minimum absolute atomic E-state index is 0.0834. The fourth-order valence-corrected chi connectivity index (χ4v) is 10.1. The molecular weight excluding hydrogens is 506 g/mol. The fraction of sp³-hybridized carbons (Fsp3) is 0.848. The summed E-state index contributed by atoms with van der Waals surface area (Å²) in [7, 11) is 0. The lowest BCUT2D eigenvalue weighted by Crippen LogP contribution is -2.56. The minimum atomic E-state index is -1.26. The summed E-state index contributed by atoms with van der Waals surface area (Å²) in [5.74, 6) is 1.22. The van der Waals surface area contributed by atoms with Crippen molar-refractivity contribution in [3.05, 3.63) is 11.6 Å². The first-order chi connectivity index (χ1) is 18.7. The third-order valence-electron chi connectivity index (χ3n) is 12.0. The molecule has 0 aromatic rings. The average Bonchev–Trinajstić information content (AvgIpc) is 3.21. The maximum absolute atomic E-state index is 12.7. The molecule has 0 aliphatic heterocycles. The van der Waals surface area contributed by atoms with Crippen molar-refractivity contribution in [2.75, 3.05) is 13.1 Å². The number of ether oxygens (including phenoxy) is 1. The second kappa shape index (κ2) is 11.7. The molecule has 0 saturated heterocycles. The number of carboxylic acid groups (broad SMARTS) is 2. The maximum Gasteiger partial charge on any atom is 0.411 e. The first-order valence-electron chi connectivity index (χ1n) is 15.8. The number of carboxylic acids is 2. The van der Waals surface area contributed by atoms with Crippen molar-refractivity contribution >= 4 is 18.0 Å². The van der Waals surface area contributed by atoms with Crippen LogP contribution < -0.4 is 0 Å². The topological polar surface area (TPSA) is 104 Å². The fourth-order valence-electron chi connectivity index (χ4n) is 10.1. The van der Waals surface area contributed by atoms with Crippen LogP contribution in [0, 0.1) is 45.8 Å². The van der Waals surface area contributed by atoms with Gasteiger partial charge < -0.3 is 14.9 Å². The lowest BCUT2D eigenvalue weighted by Gasteiger charge is -2.63. The van der Waals surface area contributed by atoms with Gasteiger partial charge in [0.05, 0.1) is 0 Å². The van der Waals surface area contributed by atoms with Gasteiger partial charge in [-0.1, -0.05) is 72.5 Å².